The van der Waals surface area contributed by atoms with Gasteiger partial charge in [0.1, 0.15) is 12.1 Å². The van der Waals surface area contributed by atoms with Gasteiger partial charge in [-0.05, 0) is 78.5 Å². The topological polar surface area (TPSA) is 55.4 Å². The van der Waals surface area contributed by atoms with E-state index in [2.05, 4.69) is 21.2 Å². The van der Waals surface area contributed by atoms with Crippen LogP contribution in [-0.2, 0) is 9.53 Å². The van der Waals surface area contributed by atoms with Crippen LogP contribution in [0.2, 0.25) is 10.0 Å². The van der Waals surface area contributed by atoms with E-state index in [0.717, 1.165) is 6.08 Å². The van der Waals surface area contributed by atoms with Crippen molar-refractivity contribution in [3.8, 4) is 0 Å². The molecule has 4 nitrogen and oxygen atoms in total. The highest BCUT2D eigenvalue weighted by Gasteiger charge is 2.39. The molecule has 34 heavy (non-hydrogen) atoms. The van der Waals surface area contributed by atoms with Gasteiger partial charge in [0.25, 0.3) is 5.91 Å². The van der Waals surface area contributed by atoms with E-state index >= 15 is 0 Å². The second-order valence-electron chi connectivity index (χ2n) is 8.52. The van der Waals surface area contributed by atoms with E-state index in [0.29, 0.717) is 15.6 Å². The lowest BCUT2D eigenvalue weighted by Gasteiger charge is -2.19. The zero-order chi connectivity index (χ0) is 25.8. The summed E-state index contributed by atoms with van der Waals surface area (Å²) in [5.41, 5.74) is 0.375. The number of hydrogen-bond acceptors (Lipinski definition) is 3. The Hall–Kier alpha value is -2.03. The fraction of sp³-hybridized carbons (Fsp3) is 0.333. The van der Waals surface area contributed by atoms with Crippen molar-refractivity contribution in [1.82, 2.24) is 5.32 Å². The van der Waals surface area contributed by atoms with Crippen molar-refractivity contribution >= 4 is 57.1 Å². The number of carbonyl (C=O) groups is 2. The number of esters is 1. The first-order chi connectivity index (χ1) is 15.6. The molecule has 2 rings (SSSR count). The normalized spacial score (nSPS) is 13.1. The van der Waals surface area contributed by atoms with Crippen molar-refractivity contribution in [3.63, 3.8) is 0 Å². The van der Waals surface area contributed by atoms with E-state index in [1.54, 1.807) is 27.7 Å². The molecule has 1 N–H and O–H groups in total. The summed E-state index contributed by atoms with van der Waals surface area (Å²) in [4.78, 5) is 24.2. The van der Waals surface area contributed by atoms with Crippen molar-refractivity contribution in [2.75, 3.05) is 6.54 Å². The molecule has 0 saturated carbocycles. The van der Waals surface area contributed by atoms with Crippen molar-refractivity contribution in [2.45, 2.75) is 45.4 Å². The van der Waals surface area contributed by atoms with Crippen LogP contribution >= 0.6 is 39.1 Å². The number of aryl methyl sites for hydroxylation is 1. The number of nitrogens with one attached hydrogen (secondary N) is 1. The van der Waals surface area contributed by atoms with Gasteiger partial charge in [-0.15, -0.1) is 0 Å². The summed E-state index contributed by atoms with van der Waals surface area (Å²) in [5, 5.41) is 2.71. The molecular weight excluding hydrogens is 558 g/mol. The Balaban J connectivity index is 2.20. The average molecular weight is 581 g/mol. The number of hydrogen-bond donors (Lipinski definition) is 1. The van der Waals surface area contributed by atoms with Crippen LogP contribution in [0, 0.1) is 6.92 Å². The summed E-state index contributed by atoms with van der Waals surface area (Å²) in [7, 11) is 0. The summed E-state index contributed by atoms with van der Waals surface area (Å²) in [6.07, 6.45) is -2.23. The molecule has 184 valence electrons. The number of benzene rings is 2. The Labute approximate surface area is 214 Å². The van der Waals surface area contributed by atoms with E-state index < -0.39 is 29.6 Å². The van der Waals surface area contributed by atoms with Gasteiger partial charge in [0, 0.05) is 4.47 Å². The van der Waals surface area contributed by atoms with Crippen molar-refractivity contribution in [2.24, 2.45) is 0 Å². The minimum atomic E-state index is -4.56. The number of alkyl halides is 3. The fourth-order valence-corrected chi connectivity index (χ4v) is 3.95. The lowest BCUT2D eigenvalue weighted by atomic mass is 9.95. The Morgan fingerprint density at radius 3 is 2.32 bits per heavy atom. The van der Waals surface area contributed by atoms with Crippen molar-refractivity contribution in [3.05, 3.63) is 73.2 Å². The first kappa shape index (κ1) is 28.2. The Morgan fingerprint density at radius 1 is 1.15 bits per heavy atom. The first-order valence-electron chi connectivity index (χ1n) is 10.1. The quantitative estimate of drug-likeness (QED) is 0.360. The highest BCUT2D eigenvalue weighted by atomic mass is 79.9. The molecular formula is C24H23BrCl2F3NO3. The third-order valence-corrected chi connectivity index (χ3v) is 6.03. The molecule has 1 amide bonds. The number of rotatable bonds is 6. The molecule has 0 radical (unpaired) electrons. The second kappa shape index (κ2) is 11.1. The molecule has 0 aliphatic carbocycles. The molecule has 0 bridgehead atoms. The maximum absolute atomic E-state index is 13.7. The van der Waals surface area contributed by atoms with Gasteiger partial charge in [-0.1, -0.05) is 47.5 Å². The molecule has 1 unspecified atom stereocenters. The molecule has 0 heterocycles. The molecule has 0 spiro atoms. The van der Waals surface area contributed by atoms with Gasteiger partial charge in [-0.3, -0.25) is 9.59 Å². The van der Waals surface area contributed by atoms with Crippen LogP contribution in [0.25, 0.3) is 6.08 Å². The average Bonchev–Trinajstić information content (AvgIpc) is 2.68. The highest BCUT2D eigenvalue weighted by molar-refractivity contribution is 9.10. The van der Waals surface area contributed by atoms with Gasteiger partial charge in [0.2, 0.25) is 0 Å². The van der Waals surface area contributed by atoms with E-state index in [1.165, 1.54) is 36.4 Å². The third-order valence-electron chi connectivity index (χ3n) is 4.48. The Bertz CT molecular complexity index is 1090. The Morgan fingerprint density at radius 2 is 1.79 bits per heavy atom. The Kier molecular flexibility index (Phi) is 9.24. The number of amides is 1. The smallest absolute Gasteiger partial charge is 0.399 e. The molecule has 2 aromatic carbocycles. The summed E-state index contributed by atoms with van der Waals surface area (Å²) < 4.78 is 46.7. The zero-order valence-corrected chi connectivity index (χ0v) is 21.9. The highest BCUT2D eigenvalue weighted by Crippen LogP contribution is 2.39. The van der Waals surface area contributed by atoms with E-state index in [4.69, 9.17) is 27.9 Å². The molecule has 0 aromatic heterocycles. The van der Waals surface area contributed by atoms with Gasteiger partial charge in [-0.25, -0.2) is 0 Å². The van der Waals surface area contributed by atoms with Crippen LogP contribution in [0.1, 0.15) is 53.7 Å². The van der Waals surface area contributed by atoms with Gasteiger partial charge < -0.3 is 10.1 Å². The molecule has 0 saturated heterocycles. The lowest BCUT2D eigenvalue weighted by Crippen LogP contribution is -2.34. The number of allylic oxidation sites excluding steroid dienone is 1. The first-order valence-corrected chi connectivity index (χ1v) is 11.6. The third kappa shape index (κ3) is 8.03. The minimum absolute atomic E-state index is 0.0344. The molecule has 0 aliphatic rings. The van der Waals surface area contributed by atoms with Gasteiger partial charge in [-0.2, -0.15) is 13.2 Å². The summed E-state index contributed by atoms with van der Waals surface area (Å²) >= 11 is 15.2. The van der Waals surface area contributed by atoms with Crippen LogP contribution in [0.5, 0.6) is 0 Å². The SMILES string of the molecule is Cc1cc(C(/C=C/c2ccc(C(=O)NCC(=O)OC(C)(C)C)c(Br)c2)C(F)(F)F)cc(Cl)c1Cl. The maximum Gasteiger partial charge on any atom is 0.399 e. The monoisotopic (exact) mass is 579 g/mol. The predicted octanol–water partition coefficient (Wildman–Crippen LogP) is 7.50. The van der Waals surface area contributed by atoms with Gasteiger partial charge in [0.05, 0.1) is 21.5 Å². The van der Waals surface area contributed by atoms with Crippen LogP contribution in [0.15, 0.2) is 40.9 Å². The predicted molar refractivity (Wildman–Crippen MR) is 131 cm³/mol. The van der Waals surface area contributed by atoms with Crippen LogP contribution < -0.4 is 5.32 Å². The minimum Gasteiger partial charge on any atom is -0.459 e. The molecule has 2 aromatic rings. The summed E-state index contributed by atoms with van der Waals surface area (Å²) in [5.74, 6) is -3.03. The van der Waals surface area contributed by atoms with Gasteiger partial charge >= 0.3 is 12.1 Å². The van der Waals surface area contributed by atoms with E-state index in [-0.39, 0.29) is 27.7 Å². The van der Waals surface area contributed by atoms with Crippen molar-refractivity contribution < 1.29 is 27.5 Å². The van der Waals surface area contributed by atoms with Crippen molar-refractivity contribution in [1.29, 1.82) is 0 Å². The van der Waals surface area contributed by atoms with Crippen LogP contribution in [-0.4, -0.2) is 30.2 Å². The van der Waals surface area contributed by atoms with Crippen LogP contribution in [0.3, 0.4) is 0 Å². The molecule has 10 heteroatoms. The fourth-order valence-electron chi connectivity index (χ4n) is 2.99. The lowest BCUT2D eigenvalue weighted by molar-refractivity contribution is -0.153. The van der Waals surface area contributed by atoms with E-state index in [9.17, 15) is 22.8 Å². The van der Waals surface area contributed by atoms with E-state index in [1.807, 2.05) is 0 Å². The number of carbonyl (C=O) groups excluding carboxylic acids is 2. The van der Waals surface area contributed by atoms with Gasteiger partial charge in [0.15, 0.2) is 0 Å². The second-order valence-corrected chi connectivity index (χ2v) is 10.2. The van der Waals surface area contributed by atoms with Crippen LogP contribution in [0.4, 0.5) is 13.2 Å². The summed E-state index contributed by atoms with van der Waals surface area (Å²) in [6, 6.07) is 7.00. The number of halogens is 6. The zero-order valence-electron chi connectivity index (χ0n) is 18.8. The molecule has 0 aliphatic heterocycles. The summed E-state index contributed by atoms with van der Waals surface area (Å²) in [6.45, 7) is 6.39. The largest absolute Gasteiger partial charge is 0.459 e. The molecule has 0 fully saturated rings. The number of ether oxygens (including phenoxy) is 1. The maximum atomic E-state index is 13.7. The molecule has 1 atom stereocenters. The standard InChI is InChI=1S/C24H23BrCl2F3NO3/c1-13-9-15(11-19(26)21(13)27)17(24(28,29)30)8-6-14-5-7-16(18(25)10-14)22(33)31-12-20(32)34-23(2,3)4/h5-11,17H,12H2,1-4H3,(H,31,33)/b8-6+.